The van der Waals surface area contributed by atoms with Crippen molar-refractivity contribution in [2.75, 3.05) is 0 Å². The third-order valence-corrected chi connectivity index (χ3v) is 9.74. The molecular weight excluding hydrogens is 564 g/mol. The van der Waals surface area contributed by atoms with Crippen LogP contribution in [-0.2, 0) is 26.0 Å². The van der Waals surface area contributed by atoms with Gasteiger partial charge in [-0.15, -0.1) is 12.4 Å². The van der Waals surface area contributed by atoms with Crippen molar-refractivity contribution in [1.82, 2.24) is 10.0 Å². The van der Waals surface area contributed by atoms with Crippen LogP contribution < -0.4 is 15.8 Å². The highest BCUT2D eigenvalue weighted by molar-refractivity contribution is 7.89. The molecular formula is C30H35ClN4O5S. The van der Waals surface area contributed by atoms with E-state index < -0.39 is 34.1 Å². The fourth-order valence-electron chi connectivity index (χ4n) is 6.25. The molecule has 2 aliphatic rings. The first kappa shape index (κ1) is 30.6. The van der Waals surface area contributed by atoms with Crippen LogP contribution in [0.15, 0.2) is 71.6 Å². The predicted molar refractivity (Wildman–Crippen MR) is 160 cm³/mol. The Labute approximate surface area is 245 Å². The first-order valence-corrected chi connectivity index (χ1v) is 15.1. The minimum Gasteiger partial charge on any atom is -0.480 e. The van der Waals surface area contributed by atoms with Crippen molar-refractivity contribution in [3.05, 3.63) is 77.9 Å². The largest absolute Gasteiger partial charge is 0.480 e. The molecule has 218 valence electrons. The number of Topliss-reactive ketones (excluding diaryl/α,β-unsaturated/α-hetero) is 1. The molecule has 5 atom stereocenters. The SMILES string of the molecule is Cl.N=C(N)c1cccc(C[C@H](NS(=O)(=O)c2ccc3ccccc3c2)C(=O)C2NC(C(=O)O)CC3CCCCC32)c1. The first-order valence-electron chi connectivity index (χ1n) is 13.6. The number of ketones is 1. The van der Waals surface area contributed by atoms with Gasteiger partial charge >= 0.3 is 5.97 Å². The van der Waals surface area contributed by atoms with E-state index in [1.807, 2.05) is 24.3 Å². The van der Waals surface area contributed by atoms with E-state index in [4.69, 9.17) is 11.1 Å². The third-order valence-electron chi connectivity index (χ3n) is 8.27. The monoisotopic (exact) mass is 598 g/mol. The molecule has 41 heavy (non-hydrogen) atoms. The average Bonchev–Trinajstić information content (AvgIpc) is 2.95. The van der Waals surface area contributed by atoms with Crippen LogP contribution >= 0.6 is 12.4 Å². The van der Waals surface area contributed by atoms with Crippen molar-refractivity contribution >= 4 is 50.8 Å². The number of fused-ring (bicyclic) bond motifs is 2. The molecule has 0 bridgehead atoms. The lowest BCUT2D eigenvalue weighted by molar-refractivity contribution is -0.143. The van der Waals surface area contributed by atoms with E-state index in [-0.39, 0.29) is 47.2 Å². The molecule has 3 aromatic rings. The molecule has 0 radical (unpaired) electrons. The molecule has 0 amide bonds. The van der Waals surface area contributed by atoms with Gasteiger partial charge in [-0.1, -0.05) is 67.8 Å². The fraction of sp³-hybridized carbons (Fsp3) is 0.367. The zero-order chi connectivity index (χ0) is 28.4. The van der Waals surface area contributed by atoms with E-state index >= 15 is 0 Å². The molecule has 1 saturated heterocycles. The number of carbonyl (C=O) groups is 2. The minimum atomic E-state index is -4.12. The maximum absolute atomic E-state index is 14.2. The minimum absolute atomic E-state index is 0. The number of sulfonamides is 1. The van der Waals surface area contributed by atoms with Crippen LogP contribution in [0.3, 0.4) is 0 Å². The number of hydrogen-bond donors (Lipinski definition) is 5. The van der Waals surface area contributed by atoms with E-state index in [1.54, 1.807) is 36.4 Å². The van der Waals surface area contributed by atoms with Gasteiger partial charge in [-0.2, -0.15) is 0 Å². The summed E-state index contributed by atoms with van der Waals surface area (Å²) < 4.78 is 30.0. The van der Waals surface area contributed by atoms with Gasteiger partial charge in [0.2, 0.25) is 10.0 Å². The molecule has 1 aliphatic heterocycles. The van der Waals surface area contributed by atoms with Crippen molar-refractivity contribution < 1.29 is 23.1 Å². The number of nitrogen functional groups attached to an aromatic ring is 1. The van der Waals surface area contributed by atoms with E-state index in [1.165, 1.54) is 6.07 Å². The van der Waals surface area contributed by atoms with Crippen LogP contribution in [0, 0.1) is 17.2 Å². The summed E-state index contributed by atoms with van der Waals surface area (Å²) in [4.78, 5) is 26.2. The predicted octanol–water partition coefficient (Wildman–Crippen LogP) is 3.63. The fourth-order valence-corrected chi connectivity index (χ4v) is 7.49. The lowest BCUT2D eigenvalue weighted by Crippen LogP contribution is -2.62. The van der Waals surface area contributed by atoms with Gasteiger partial charge in [0.25, 0.3) is 0 Å². The molecule has 1 heterocycles. The third kappa shape index (κ3) is 6.78. The lowest BCUT2D eigenvalue weighted by Gasteiger charge is -2.44. The van der Waals surface area contributed by atoms with Crippen LogP contribution in [-0.4, -0.2) is 49.2 Å². The molecule has 2 fully saturated rings. The molecule has 11 heteroatoms. The number of aliphatic carboxylic acids is 1. The standard InChI is InChI=1S/C30H34N4O5S.ClH/c31-29(32)22-10-5-6-18(14-22)15-25(34-40(38,39)23-13-12-19-7-1-2-8-20(19)16-23)28(35)27-24-11-4-3-9-21(24)17-26(33-27)30(36)37;/h1-2,5-8,10,12-14,16,21,24-27,33-34H,3-4,9,11,15,17H2,(H3,31,32)(H,36,37);1H/t21?,24?,25-,26?,27?;/m0./s1. The van der Waals surface area contributed by atoms with Crippen LogP contribution in [0.25, 0.3) is 10.8 Å². The number of carbonyl (C=O) groups excluding carboxylic acids is 1. The van der Waals surface area contributed by atoms with Crippen LogP contribution in [0.4, 0.5) is 0 Å². The number of rotatable bonds is 9. The first-order chi connectivity index (χ1) is 19.1. The molecule has 1 saturated carbocycles. The summed E-state index contributed by atoms with van der Waals surface area (Å²) in [6.07, 6.45) is 4.05. The zero-order valence-electron chi connectivity index (χ0n) is 22.5. The van der Waals surface area contributed by atoms with Gasteiger partial charge in [0.05, 0.1) is 17.0 Å². The lowest BCUT2D eigenvalue weighted by atomic mass is 9.68. The number of piperidine rings is 1. The highest BCUT2D eigenvalue weighted by atomic mass is 35.5. The Morgan fingerprint density at radius 2 is 1.76 bits per heavy atom. The van der Waals surface area contributed by atoms with E-state index in [9.17, 15) is 23.1 Å². The topological polar surface area (TPSA) is 162 Å². The molecule has 6 N–H and O–H groups in total. The Morgan fingerprint density at radius 3 is 2.49 bits per heavy atom. The summed E-state index contributed by atoms with van der Waals surface area (Å²) in [5, 5.41) is 22.3. The normalized spacial score (nSPS) is 23.1. The number of benzene rings is 3. The van der Waals surface area contributed by atoms with Crippen molar-refractivity contribution in [1.29, 1.82) is 5.41 Å². The Kier molecular flexibility index (Phi) is 9.48. The summed E-state index contributed by atoms with van der Waals surface area (Å²) in [5.74, 6) is -1.49. The summed E-state index contributed by atoms with van der Waals surface area (Å²) in [6, 6.07) is 16.2. The van der Waals surface area contributed by atoms with Crippen LogP contribution in [0.5, 0.6) is 0 Å². The Hall–Kier alpha value is -3.31. The quantitative estimate of drug-likeness (QED) is 0.185. The average molecular weight is 599 g/mol. The highest BCUT2D eigenvalue weighted by Crippen LogP contribution is 2.39. The number of carboxylic acid groups (broad SMARTS) is 1. The van der Waals surface area contributed by atoms with E-state index in [2.05, 4.69) is 10.0 Å². The zero-order valence-corrected chi connectivity index (χ0v) is 24.1. The number of nitrogens with two attached hydrogens (primary N) is 1. The number of halogens is 1. The van der Waals surface area contributed by atoms with Crippen LogP contribution in [0.1, 0.15) is 43.2 Å². The summed E-state index contributed by atoms with van der Waals surface area (Å²) in [6.45, 7) is 0. The van der Waals surface area contributed by atoms with Crippen molar-refractivity contribution in [2.45, 2.75) is 61.5 Å². The van der Waals surface area contributed by atoms with Crippen molar-refractivity contribution in [3.63, 3.8) is 0 Å². The molecule has 0 aromatic heterocycles. The van der Waals surface area contributed by atoms with Gasteiger partial charge in [-0.05, 0) is 65.6 Å². The summed E-state index contributed by atoms with van der Waals surface area (Å²) in [5.41, 5.74) is 6.77. The van der Waals surface area contributed by atoms with Gasteiger partial charge in [-0.25, -0.2) is 13.1 Å². The second-order valence-corrected chi connectivity index (χ2v) is 12.6. The number of carboxylic acids is 1. The summed E-state index contributed by atoms with van der Waals surface area (Å²) >= 11 is 0. The van der Waals surface area contributed by atoms with Gasteiger partial charge in [0, 0.05) is 5.56 Å². The van der Waals surface area contributed by atoms with Gasteiger partial charge in [0.15, 0.2) is 5.78 Å². The number of nitrogens with one attached hydrogen (secondary N) is 3. The molecule has 5 rings (SSSR count). The molecule has 1 aliphatic carbocycles. The van der Waals surface area contributed by atoms with Gasteiger partial charge < -0.3 is 10.8 Å². The Morgan fingerprint density at radius 1 is 1.02 bits per heavy atom. The number of amidine groups is 1. The molecule has 3 aromatic carbocycles. The second-order valence-electron chi connectivity index (χ2n) is 10.9. The summed E-state index contributed by atoms with van der Waals surface area (Å²) in [7, 11) is -4.12. The number of hydrogen-bond acceptors (Lipinski definition) is 6. The Bertz CT molecular complexity index is 1560. The van der Waals surface area contributed by atoms with Gasteiger partial charge in [0.1, 0.15) is 11.9 Å². The smallest absolute Gasteiger partial charge is 0.320 e. The van der Waals surface area contributed by atoms with Gasteiger partial charge in [-0.3, -0.25) is 20.3 Å². The molecule has 9 nitrogen and oxygen atoms in total. The molecule has 0 spiro atoms. The maximum Gasteiger partial charge on any atom is 0.320 e. The van der Waals surface area contributed by atoms with E-state index in [0.29, 0.717) is 17.5 Å². The second kappa shape index (κ2) is 12.7. The van der Waals surface area contributed by atoms with E-state index in [0.717, 1.165) is 36.5 Å². The maximum atomic E-state index is 14.2. The molecule has 4 unspecified atom stereocenters. The van der Waals surface area contributed by atoms with Crippen LogP contribution in [0.2, 0.25) is 0 Å². The van der Waals surface area contributed by atoms with Crippen molar-refractivity contribution in [3.8, 4) is 0 Å². The van der Waals surface area contributed by atoms with Crippen molar-refractivity contribution in [2.24, 2.45) is 17.6 Å². The highest BCUT2D eigenvalue weighted by Gasteiger charge is 2.46. The Balaban J connectivity index is 0.00000387.